The van der Waals surface area contributed by atoms with E-state index in [1.807, 2.05) is 12.1 Å². The molecule has 1 aromatic heterocycles. The molecule has 2 fully saturated rings. The zero-order valence-electron chi connectivity index (χ0n) is 9.43. The Kier molecular flexibility index (Phi) is 2.50. The highest BCUT2D eigenvalue weighted by atomic mass is 16.1. The molecule has 0 saturated heterocycles. The molecule has 0 radical (unpaired) electrons. The second-order valence-electron chi connectivity index (χ2n) is 5.28. The van der Waals surface area contributed by atoms with Gasteiger partial charge in [0.25, 0.3) is 0 Å². The van der Waals surface area contributed by atoms with Gasteiger partial charge in [-0.25, -0.2) is 0 Å². The first-order valence-corrected chi connectivity index (χ1v) is 6.24. The van der Waals surface area contributed by atoms with Gasteiger partial charge in [0.15, 0.2) is 0 Å². The Hall–Kier alpha value is -1.18. The van der Waals surface area contributed by atoms with E-state index in [0.717, 1.165) is 17.9 Å². The fourth-order valence-corrected chi connectivity index (χ4v) is 3.47. The summed E-state index contributed by atoms with van der Waals surface area (Å²) in [6.45, 7) is 0. The summed E-state index contributed by atoms with van der Waals surface area (Å²) >= 11 is 0. The first-order valence-electron chi connectivity index (χ1n) is 6.24. The summed E-state index contributed by atoms with van der Waals surface area (Å²) in [7, 11) is 0. The van der Waals surface area contributed by atoms with Gasteiger partial charge in [-0.2, -0.15) is 0 Å². The zero-order chi connectivity index (χ0) is 11.0. The molecule has 2 nitrogen and oxygen atoms in total. The van der Waals surface area contributed by atoms with Crippen molar-refractivity contribution in [2.75, 3.05) is 0 Å². The van der Waals surface area contributed by atoms with E-state index in [2.05, 4.69) is 4.98 Å². The monoisotopic (exact) mass is 215 g/mol. The van der Waals surface area contributed by atoms with Gasteiger partial charge in [-0.3, -0.25) is 9.78 Å². The molecule has 3 atom stereocenters. The summed E-state index contributed by atoms with van der Waals surface area (Å²) in [6, 6.07) is 3.90. The van der Waals surface area contributed by atoms with Crippen molar-refractivity contribution in [1.29, 1.82) is 0 Å². The zero-order valence-corrected chi connectivity index (χ0v) is 9.43. The van der Waals surface area contributed by atoms with Gasteiger partial charge in [-0.15, -0.1) is 0 Å². The van der Waals surface area contributed by atoms with Crippen molar-refractivity contribution in [3.8, 4) is 0 Å². The fourth-order valence-electron chi connectivity index (χ4n) is 3.47. The molecule has 16 heavy (non-hydrogen) atoms. The Morgan fingerprint density at radius 1 is 1.25 bits per heavy atom. The number of ketones is 1. The lowest BCUT2D eigenvalue weighted by molar-refractivity contribution is -0.123. The third-order valence-corrected chi connectivity index (χ3v) is 4.28. The number of fused-ring (bicyclic) bond motifs is 2. The number of nitrogens with zero attached hydrogens (tertiary/aromatic N) is 1. The molecule has 2 saturated carbocycles. The summed E-state index contributed by atoms with van der Waals surface area (Å²) in [4.78, 5) is 16.2. The molecule has 0 aliphatic heterocycles. The highest BCUT2D eigenvalue weighted by Gasteiger charge is 2.42. The number of hydrogen-bond acceptors (Lipinski definition) is 2. The maximum absolute atomic E-state index is 12.2. The molecule has 0 amide bonds. The van der Waals surface area contributed by atoms with Gasteiger partial charge in [0, 0.05) is 24.7 Å². The quantitative estimate of drug-likeness (QED) is 0.775. The van der Waals surface area contributed by atoms with E-state index in [0.29, 0.717) is 24.0 Å². The number of rotatable bonds is 3. The topological polar surface area (TPSA) is 30.0 Å². The van der Waals surface area contributed by atoms with E-state index in [-0.39, 0.29) is 0 Å². The number of pyridine rings is 1. The summed E-state index contributed by atoms with van der Waals surface area (Å²) in [5.74, 6) is 2.39. The maximum atomic E-state index is 12.2. The van der Waals surface area contributed by atoms with Crippen molar-refractivity contribution in [1.82, 2.24) is 4.98 Å². The molecule has 0 spiro atoms. The van der Waals surface area contributed by atoms with Crippen LogP contribution in [0.1, 0.15) is 31.2 Å². The van der Waals surface area contributed by atoms with Crippen molar-refractivity contribution in [2.45, 2.75) is 32.1 Å². The fraction of sp³-hybridized carbons (Fsp3) is 0.571. The molecule has 1 heterocycles. The average Bonchev–Trinajstić information content (AvgIpc) is 2.92. The van der Waals surface area contributed by atoms with Crippen LogP contribution in [0.25, 0.3) is 0 Å². The van der Waals surface area contributed by atoms with Crippen LogP contribution in [0.2, 0.25) is 0 Å². The molecule has 2 aliphatic carbocycles. The minimum absolute atomic E-state index is 0.368. The highest BCUT2D eigenvalue weighted by molar-refractivity contribution is 5.84. The van der Waals surface area contributed by atoms with E-state index < -0.39 is 0 Å². The molecule has 1 aromatic rings. The van der Waals surface area contributed by atoms with E-state index in [1.54, 1.807) is 12.4 Å². The molecule has 3 rings (SSSR count). The Labute approximate surface area is 96.1 Å². The molecular weight excluding hydrogens is 198 g/mol. The van der Waals surface area contributed by atoms with Crippen molar-refractivity contribution >= 4 is 5.78 Å². The van der Waals surface area contributed by atoms with Crippen LogP contribution in [-0.2, 0) is 11.2 Å². The van der Waals surface area contributed by atoms with Crippen molar-refractivity contribution in [3.05, 3.63) is 30.1 Å². The van der Waals surface area contributed by atoms with Crippen LogP contribution < -0.4 is 0 Å². The van der Waals surface area contributed by atoms with Crippen molar-refractivity contribution in [3.63, 3.8) is 0 Å². The van der Waals surface area contributed by atoms with Gasteiger partial charge in [0.05, 0.1) is 0 Å². The Balaban J connectivity index is 1.66. The van der Waals surface area contributed by atoms with Crippen LogP contribution in [-0.4, -0.2) is 10.8 Å². The molecule has 84 valence electrons. The molecule has 2 bridgehead atoms. The average molecular weight is 215 g/mol. The third kappa shape index (κ3) is 1.77. The smallest absolute Gasteiger partial charge is 0.140 e. The normalized spacial score (nSPS) is 31.9. The number of aromatic nitrogens is 1. The number of carbonyl (C=O) groups excluding carboxylic acids is 1. The lowest BCUT2D eigenvalue weighted by atomic mass is 9.84. The molecular formula is C14H17NO. The molecule has 2 aliphatic rings. The summed E-state index contributed by atoms with van der Waals surface area (Å²) < 4.78 is 0. The van der Waals surface area contributed by atoms with E-state index in [9.17, 15) is 4.79 Å². The van der Waals surface area contributed by atoms with Gasteiger partial charge < -0.3 is 0 Å². The van der Waals surface area contributed by atoms with Crippen molar-refractivity contribution in [2.24, 2.45) is 17.8 Å². The summed E-state index contributed by atoms with van der Waals surface area (Å²) in [6.07, 6.45) is 9.27. The molecule has 3 unspecified atom stereocenters. The Bertz CT molecular complexity index is 387. The largest absolute Gasteiger partial charge is 0.299 e. The molecule has 0 aromatic carbocycles. The number of hydrogen-bond donors (Lipinski definition) is 0. The first-order chi connectivity index (χ1) is 7.83. The minimum Gasteiger partial charge on any atom is -0.299 e. The van der Waals surface area contributed by atoms with E-state index >= 15 is 0 Å². The first kappa shape index (κ1) is 10.0. The van der Waals surface area contributed by atoms with Crippen molar-refractivity contribution < 1.29 is 4.79 Å². The van der Waals surface area contributed by atoms with Crippen LogP contribution in [0, 0.1) is 17.8 Å². The van der Waals surface area contributed by atoms with Gasteiger partial charge in [-0.05, 0) is 48.8 Å². The molecule has 2 heteroatoms. The third-order valence-electron chi connectivity index (χ3n) is 4.28. The Morgan fingerprint density at radius 3 is 2.69 bits per heavy atom. The SMILES string of the molecule is O=C(Cc1ccncc1)C1CC2CCC1C2. The second-order valence-corrected chi connectivity index (χ2v) is 5.28. The van der Waals surface area contributed by atoms with Gasteiger partial charge in [-0.1, -0.05) is 6.42 Å². The second kappa shape index (κ2) is 4.00. The number of Topliss-reactive ketones (excluding diaryl/α,β-unsaturated/α-hetero) is 1. The van der Waals surface area contributed by atoms with E-state index in [1.165, 1.54) is 19.3 Å². The minimum atomic E-state index is 0.368. The van der Waals surface area contributed by atoms with Crippen LogP contribution in [0.3, 0.4) is 0 Å². The van der Waals surface area contributed by atoms with Crippen LogP contribution in [0.15, 0.2) is 24.5 Å². The standard InChI is InChI=1S/C14H17NO/c16-14(9-10-3-5-15-6-4-10)13-8-11-1-2-12(13)7-11/h3-6,11-13H,1-2,7-9H2. The van der Waals surface area contributed by atoms with Crippen LogP contribution in [0.4, 0.5) is 0 Å². The summed E-state index contributed by atoms with van der Waals surface area (Å²) in [5, 5.41) is 0. The summed E-state index contributed by atoms with van der Waals surface area (Å²) in [5.41, 5.74) is 1.11. The molecule has 0 N–H and O–H groups in total. The lowest BCUT2D eigenvalue weighted by Crippen LogP contribution is -2.22. The lowest BCUT2D eigenvalue weighted by Gasteiger charge is -2.20. The van der Waals surface area contributed by atoms with Gasteiger partial charge in [0.2, 0.25) is 0 Å². The predicted molar refractivity (Wildman–Crippen MR) is 61.9 cm³/mol. The van der Waals surface area contributed by atoms with Crippen LogP contribution >= 0.6 is 0 Å². The predicted octanol–water partition coefficient (Wildman–Crippen LogP) is 2.63. The maximum Gasteiger partial charge on any atom is 0.140 e. The van der Waals surface area contributed by atoms with E-state index in [4.69, 9.17) is 0 Å². The van der Waals surface area contributed by atoms with Gasteiger partial charge in [0.1, 0.15) is 5.78 Å². The van der Waals surface area contributed by atoms with Crippen LogP contribution in [0.5, 0.6) is 0 Å². The highest BCUT2D eigenvalue weighted by Crippen LogP contribution is 2.48. The Morgan fingerprint density at radius 2 is 2.06 bits per heavy atom. The van der Waals surface area contributed by atoms with Gasteiger partial charge >= 0.3 is 0 Å². The number of carbonyl (C=O) groups is 1.